The summed E-state index contributed by atoms with van der Waals surface area (Å²) in [7, 11) is 0. The molecule has 0 fully saturated rings. The lowest BCUT2D eigenvalue weighted by Crippen LogP contribution is -1.93. The molecule has 2 aromatic rings. The van der Waals surface area contributed by atoms with Gasteiger partial charge in [-0.2, -0.15) is 0 Å². The summed E-state index contributed by atoms with van der Waals surface area (Å²) in [5, 5.41) is 11.5. The first-order valence-electron chi connectivity index (χ1n) is 4.68. The number of carbonyl (C=O) groups excluding carboxylic acids is 1. The van der Waals surface area contributed by atoms with Crippen molar-refractivity contribution < 1.29 is 9.90 Å². The molecule has 3 nitrogen and oxygen atoms in total. The summed E-state index contributed by atoms with van der Waals surface area (Å²) in [6.45, 7) is 3.71. The average molecular weight is 201 g/mol. The highest BCUT2D eigenvalue weighted by Crippen LogP contribution is 2.32. The van der Waals surface area contributed by atoms with E-state index >= 15 is 0 Å². The monoisotopic (exact) mass is 201 g/mol. The Balaban J connectivity index is 3.04. The Labute approximate surface area is 87.4 Å². The van der Waals surface area contributed by atoms with E-state index in [1.54, 1.807) is 25.4 Å². The zero-order valence-electron chi connectivity index (χ0n) is 8.61. The largest absolute Gasteiger partial charge is 0.507 e. The fourth-order valence-electron chi connectivity index (χ4n) is 1.76. The van der Waals surface area contributed by atoms with Gasteiger partial charge in [-0.25, -0.2) is 0 Å². The summed E-state index contributed by atoms with van der Waals surface area (Å²) in [6, 6.07) is 1.74. The molecule has 1 N–H and O–H groups in total. The summed E-state index contributed by atoms with van der Waals surface area (Å²) in [6.07, 6.45) is 4.01. The molecule has 1 aromatic heterocycles. The quantitative estimate of drug-likeness (QED) is 0.720. The maximum atomic E-state index is 10.9. The Hall–Kier alpha value is -1.90. The van der Waals surface area contributed by atoms with Gasteiger partial charge in [0.05, 0.1) is 5.56 Å². The number of phenols is 1. The van der Waals surface area contributed by atoms with E-state index in [1.807, 2.05) is 6.92 Å². The van der Waals surface area contributed by atoms with E-state index < -0.39 is 0 Å². The van der Waals surface area contributed by atoms with E-state index in [0.717, 1.165) is 21.9 Å². The standard InChI is InChI=1S/C12H11NO2/c1-7-8(2)12(15)11(6-14)9-3-4-13-5-10(7)9/h3-6,15H,1-2H3. The van der Waals surface area contributed by atoms with Gasteiger partial charge in [-0.3, -0.25) is 9.78 Å². The maximum Gasteiger partial charge on any atom is 0.154 e. The van der Waals surface area contributed by atoms with Gasteiger partial charge in [0, 0.05) is 17.8 Å². The van der Waals surface area contributed by atoms with E-state index in [-0.39, 0.29) is 5.75 Å². The second kappa shape index (κ2) is 3.35. The lowest BCUT2D eigenvalue weighted by Gasteiger charge is -2.10. The number of rotatable bonds is 1. The zero-order chi connectivity index (χ0) is 11.0. The van der Waals surface area contributed by atoms with Gasteiger partial charge in [0.1, 0.15) is 5.75 Å². The molecule has 0 saturated carbocycles. The zero-order valence-corrected chi connectivity index (χ0v) is 8.61. The van der Waals surface area contributed by atoms with Crippen LogP contribution in [0.5, 0.6) is 5.75 Å². The van der Waals surface area contributed by atoms with Crippen LogP contribution in [0.2, 0.25) is 0 Å². The number of nitrogens with zero attached hydrogens (tertiary/aromatic N) is 1. The van der Waals surface area contributed by atoms with Crippen molar-refractivity contribution in [1.29, 1.82) is 0 Å². The number of aryl methyl sites for hydroxylation is 1. The second-order valence-electron chi connectivity index (χ2n) is 3.55. The Bertz CT molecular complexity index is 547. The molecule has 0 spiro atoms. The molecule has 0 saturated heterocycles. The Kier molecular flexibility index (Phi) is 2.15. The smallest absolute Gasteiger partial charge is 0.154 e. The van der Waals surface area contributed by atoms with Crippen molar-refractivity contribution in [3.63, 3.8) is 0 Å². The predicted molar refractivity (Wildman–Crippen MR) is 58.3 cm³/mol. The molecule has 0 amide bonds. The number of phenolic OH excluding ortho intramolecular Hbond substituents is 1. The molecule has 0 aliphatic rings. The van der Waals surface area contributed by atoms with E-state index in [9.17, 15) is 9.90 Å². The summed E-state index contributed by atoms with van der Waals surface area (Å²) in [5.41, 5.74) is 2.04. The number of benzene rings is 1. The van der Waals surface area contributed by atoms with E-state index in [0.29, 0.717) is 11.8 Å². The van der Waals surface area contributed by atoms with Crippen LogP contribution in [-0.2, 0) is 0 Å². The van der Waals surface area contributed by atoms with Crippen molar-refractivity contribution in [2.75, 3.05) is 0 Å². The van der Waals surface area contributed by atoms with E-state index in [4.69, 9.17) is 0 Å². The van der Waals surface area contributed by atoms with Crippen molar-refractivity contribution in [2.24, 2.45) is 0 Å². The van der Waals surface area contributed by atoms with Crippen molar-refractivity contribution in [1.82, 2.24) is 4.98 Å². The number of carbonyl (C=O) groups is 1. The molecule has 0 unspecified atom stereocenters. The van der Waals surface area contributed by atoms with Crippen LogP contribution in [0.3, 0.4) is 0 Å². The van der Waals surface area contributed by atoms with Crippen LogP contribution in [-0.4, -0.2) is 16.4 Å². The fourth-order valence-corrected chi connectivity index (χ4v) is 1.76. The van der Waals surface area contributed by atoms with Crippen LogP contribution in [0, 0.1) is 13.8 Å². The third-order valence-electron chi connectivity index (χ3n) is 2.81. The highest BCUT2D eigenvalue weighted by atomic mass is 16.3. The molecule has 0 aliphatic heterocycles. The Morgan fingerprint density at radius 2 is 2.00 bits per heavy atom. The first-order valence-corrected chi connectivity index (χ1v) is 4.68. The van der Waals surface area contributed by atoms with Gasteiger partial charge in [0.25, 0.3) is 0 Å². The SMILES string of the molecule is Cc1c(O)c(C=O)c2ccncc2c1C. The number of aromatic hydroxyl groups is 1. The minimum Gasteiger partial charge on any atom is -0.507 e. The average Bonchev–Trinajstić information content (AvgIpc) is 2.27. The topological polar surface area (TPSA) is 50.2 Å². The highest BCUT2D eigenvalue weighted by Gasteiger charge is 2.12. The molecule has 0 bridgehead atoms. The number of hydrogen-bond donors (Lipinski definition) is 1. The molecule has 76 valence electrons. The van der Waals surface area contributed by atoms with Gasteiger partial charge in [-0.05, 0) is 36.4 Å². The van der Waals surface area contributed by atoms with Crippen LogP contribution < -0.4 is 0 Å². The third kappa shape index (κ3) is 1.28. The van der Waals surface area contributed by atoms with Gasteiger partial charge >= 0.3 is 0 Å². The number of aromatic nitrogens is 1. The van der Waals surface area contributed by atoms with Crippen molar-refractivity contribution in [3.8, 4) is 5.75 Å². The lowest BCUT2D eigenvalue weighted by atomic mass is 9.97. The van der Waals surface area contributed by atoms with Gasteiger partial charge in [0.2, 0.25) is 0 Å². The summed E-state index contributed by atoms with van der Waals surface area (Å²) < 4.78 is 0. The molecule has 15 heavy (non-hydrogen) atoms. The van der Waals surface area contributed by atoms with Crippen molar-refractivity contribution in [2.45, 2.75) is 13.8 Å². The molecule has 1 aromatic carbocycles. The minimum absolute atomic E-state index is 0.0706. The molecule has 0 aliphatic carbocycles. The van der Waals surface area contributed by atoms with E-state index in [1.165, 1.54) is 0 Å². The molecule has 0 radical (unpaired) electrons. The van der Waals surface area contributed by atoms with Gasteiger partial charge < -0.3 is 5.11 Å². The molecular formula is C12H11NO2. The number of pyridine rings is 1. The first-order chi connectivity index (χ1) is 7.16. The van der Waals surface area contributed by atoms with Crippen LogP contribution in [0.25, 0.3) is 10.8 Å². The van der Waals surface area contributed by atoms with Crippen LogP contribution in [0.15, 0.2) is 18.5 Å². The number of fused-ring (bicyclic) bond motifs is 1. The van der Waals surface area contributed by atoms with Gasteiger partial charge in [-0.15, -0.1) is 0 Å². The first kappa shape index (κ1) is 9.65. The van der Waals surface area contributed by atoms with Crippen molar-refractivity contribution in [3.05, 3.63) is 35.2 Å². The maximum absolute atomic E-state index is 10.9. The predicted octanol–water partition coefficient (Wildman–Crippen LogP) is 2.37. The normalized spacial score (nSPS) is 10.5. The fraction of sp³-hybridized carbons (Fsp3) is 0.167. The Morgan fingerprint density at radius 1 is 1.27 bits per heavy atom. The van der Waals surface area contributed by atoms with Crippen molar-refractivity contribution >= 4 is 17.1 Å². The lowest BCUT2D eigenvalue weighted by molar-refractivity contribution is 0.112. The van der Waals surface area contributed by atoms with Gasteiger partial charge in [0.15, 0.2) is 6.29 Å². The molecule has 2 rings (SSSR count). The molecule has 1 heterocycles. The third-order valence-corrected chi connectivity index (χ3v) is 2.81. The second-order valence-corrected chi connectivity index (χ2v) is 3.55. The van der Waals surface area contributed by atoms with Crippen LogP contribution in [0.4, 0.5) is 0 Å². The summed E-state index contributed by atoms with van der Waals surface area (Å²) >= 11 is 0. The molecular weight excluding hydrogens is 190 g/mol. The Morgan fingerprint density at radius 3 is 2.67 bits per heavy atom. The highest BCUT2D eigenvalue weighted by molar-refractivity contribution is 6.02. The summed E-state index contributed by atoms with van der Waals surface area (Å²) in [4.78, 5) is 14.9. The van der Waals surface area contributed by atoms with E-state index in [2.05, 4.69) is 4.98 Å². The van der Waals surface area contributed by atoms with Crippen LogP contribution in [0.1, 0.15) is 21.5 Å². The number of aldehydes is 1. The van der Waals surface area contributed by atoms with Crippen LogP contribution >= 0.6 is 0 Å². The van der Waals surface area contributed by atoms with Gasteiger partial charge in [-0.1, -0.05) is 0 Å². The molecule has 3 heteroatoms. The minimum atomic E-state index is 0.0706. The number of hydrogen-bond acceptors (Lipinski definition) is 3. The summed E-state index contributed by atoms with van der Waals surface area (Å²) in [5.74, 6) is 0.0706. The molecule has 0 atom stereocenters.